The number of carbonyl (C=O) groups excluding carboxylic acids is 1. The van der Waals surface area contributed by atoms with Crippen molar-refractivity contribution in [2.75, 3.05) is 6.61 Å². The van der Waals surface area contributed by atoms with Crippen molar-refractivity contribution in [1.82, 2.24) is 0 Å². The molecular weight excluding hydrogens is 275 g/mol. The van der Waals surface area contributed by atoms with Gasteiger partial charge in [-0.3, -0.25) is 0 Å². The van der Waals surface area contributed by atoms with Crippen LogP contribution in [0.1, 0.15) is 35.3 Å². The minimum Gasteiger partial charge on any atom is -0.462 e. The number of hydrogen-bond acceptors (Lipinski definition) is 4. The third-order valence-corrected chi connectivity index (χ3v) is 2.39. The molecule has 108 valence electrons. The van der Waals surface area contributed by atoms with Gasteiger partial charge in [0.1, 0.15) is 11.3 Å². The summed E-state index contributed by atoms with van der Waals surface area (Å²) in [7, 11) is 0. The molecule has 0 saturated carbocycles. The van der Waals surface area contributed by atoms with Gasteiger partial charge in [0.05, 0.1) is 18.2 Å². The molecule has 20 heavy (non-hydrogen) atoms. The molecular formula is C13H12F3NO3. The average molecular weight is 287 g/mol. The van der Waals surface area contributed by atoms with Gasteiger partial charge in [0, 0.05) is 0 Å². The van der Waals surface area contributed by atoms with E-state index in [1.165, 1.54) is 13.0 Å². The zero-order valence-corrected chi connectivity index (χ0v) is 10.9. The molecule has 0 aliphatic heterocycles. The Bertz CT molecular complexity index is 547. The van der Waals surface area contributed by atoms with Crippen LogP contribution >= 0.6 is 0 Å². The molecule has 0 amide bonds. The largest absolute Gasteiger partial charge is 0.573 e. The van der Waals surface area contributed by atoms with E-state index in [4.69, 9.17) is 5.26 Å². The van der Waals surface area contributed by atoms with Crippen molar-refractivity contribution < 1.29 is 27.4 Å². The number of halogens is 3. The molecule has 0 aromatic heterocycles. The summed E-state index contributed by atoms with van der Waals surface area (Å²) in [5, 5.41) is 8.85. The van der Waals surface area contributed by atoms with Crippen LogP contribution in [-0.4, -0.2) is 18.9 Å². The molecule has 7 heteroatoms. The fourth-order valence-electron chi connectivity index (χ4n) is 1.61. The van der Waals surface area contributed by atoms with E-state index in [1.54, 1.807) is 13.0 Å². The van der Waals surface area contributed by atoms with Gasteiger partial charge < -0.3 is 9.47 Å². The minimum absolute atomic E-state index is 0.00251. The van der Waals surface area contributed by atoms with E-state index < -0.39 is 23.6 Å². The first-order valence-corrected chi connectivity index (χ1v) is 5.82. The predicted octanol–water partition coefficient (Wildman–Crippen LogP) is 3.20. The zero-order valence-electron chi connectivity index (χ0n) is 10.9. The Hall–Kier alpha value is -2.23. The monoisotopic (exact) mass is 287 g/mol. The maximum atomic E-state index is 12.4. The lowest BCUT2D eigenvalue weighted by Crippen LogP contribution is -2.21. The van der Waals surface area contributed by atoms with E-state index >= 15 is 0 Å². The van der Waals surface area contributed by atoms with Crippen LogP contribution in [0, 0.1) is 11.3 Å². The second-order valence-corrected chi connectivity index (χ2v) is 3.75. The third kappa shape index (κ3) is 3.88. The molecule has 4 nitrogen and oxygen atoms in total. The Balaban J connectivity index is 3.43. The number of nitrogens with zero attached hydrogens (tertiary/aromatic N) is 1. The third-order valence-electron chi connectivity index (χ3n) is 2.39. The maximum Gasteiger partial charge on any atom is 0.573 e. The van der Waals surface area contributed by atoms with Crippen molar-refractivity contribution in [3.05, 3.63) is 28.8 Å². The first-order chi connectivity index (χ1) is 9.32. The summed E-state index contributed by atoms with van der Waals surface area (Å²) in [5.74, 6) is -1.57. The van der Waals surface area contributed by atoms with Crippen molar-refractivity contribution in [3.63, 3.8) is 0 Å². The predicted molar refractivity (Wildman–Crippen MR) is 63.2 cm³/mol. The second kappa shape index (κ2) is 6.28. The molecule has 0 bridgehead atoms. The van der Waals surface area contributed by atoms with Crippen LogP contribution < -0.4 is 4.74 Å². The number of esters is 1. The summed E-state index contributed by atoms with van der Waals surface area (Å²) in [6.45, 7) is 3.12. The number of aryl methyl sites for hydroxylation is 1. The molecule has 0 N–H and O–H groups in total. The lowest BCUT2D eigenvalue weighted by atomic mass is 10.0. The average Bonchev–Trinajstić information content (AvgIpc) is 2.37. The fourth-order valence-corrected chi connectivity index (χ4v) is 1.61. The molecule has 0 unspecified atom stereocenters. The van der Waals surface area contributed by atoms with Gasteiger partial charge in [0.15, 0.2) is 0 Å². The number of rotatable bonds is 4. The summed E-state index contributed by atoms with van der Waals surface area (Å²) >= 11 is 0. The maximum absolute atomic E-state index is 12.4. The number of ether oxygens (including phenoxy) is 2. The SMILES string of the molecule is CCOC(=O)c1cc(C#N)cc(CC)c1OC(F)(F)F. The fraction of sp³-hybridized carbons (Fsp3) is 0.385. The van der Waals surface area contributed by atoms with Gasteiger partial charge in [-0.25, -0.2) is 4.79 Å². The highest BCUT2D eigenvalue weighted by atomic mass is 19.4. The highest BCUT2D eigenvalue weighted by Crippen LogP contribution is 2.32. The summed E-state index contributed by atoms with van der Waals surface area (Å²) in [6, 6.07) is 4.06. The van der Waals surface area contributed by atoms with Gasteiger partial charge in [-0.1, -0.05) is 6.92 Å². The molecule has 0 radical (unpaired) electrons. The summed E-state index contributed by atoms with van der Waals surface area (Å²) < 4.78 is 45.9. The van der Waals surface area contributed by atoms with Crippen LogP contribution in [0.15, 0.2) is 12.1 Å². The van der Waals surface area contributed by atoms with Crippen molar-refractivity contribution >= 4 is 5.97 Å². The normalized spacial score (nSPS) is 10.8. The molecule has 0 aliphatic carbocycles. The lowest BCUT2D eigenvalue weighted by Gasteiger charge is -2.16. The summed E-state index contributed by atoms with van der Waals surface area (Å²) in [6.07, 6.45) is -4.76. The molecule has 0 heterocycles. The number of carbonyl (C=O) groups is 1. The standard InChI is InChI=1S/C13H12F3NO3/c1-3-9-5-8(7-17)6-10(12(18)19-4-2)11(9)20-13(14,15)16/h5-6H,3-4H2,1-2H3. The molecule has 1 aromatic rings. The van der Waals surface area contributed by atoms with Crippen LogP contribution in [0.3, 0.4) is 0 Å². The first-order valence-electron chi connectivity index (χ1n) is 5.82. The van der Waals surface area contributed by atoms with Gasteiger partial charge in [-0.15, -0.1) is 13.2 Å². The Morgan fingerprint density at radius 2 is 2.00 bits per heavy atom. The highest BCUT2D eigenvalue weighted by Gasteiger charge is 2.34. The summed E-state index contributed by atoms with van der Waals surface area (Å²) in [5.41, 5.74) is -0.219. The van der Waals surface area contributed by atoms with Crippen molar-refractivity contribution in [3.8, 4) is 11.8 Å². The van der Waals surface area contributed by atoms with Crippen LogP contribution in [0.2, 0.25) is 0 Å². The van der Waals surface area contributed by atoms with Crippen LogP contribution in [0.4, 0.5) is 13.2 Å². The number of nitriles is 1. The number of benzene rings is 1. The van der Waals surface area contributed by atoms with Crippen LogP contribution in [-0.2, 0) is 11.2 Å². The highest BCUT2D eigenvalue weighted by molar-refractivity contribution is 5.93. The van der Waals surface area contributed by atoms with E-state index in [-0.39, 0.29) is 24.2 Å². The lowest BCUT2D eigenvalue weighted by molar-refractivity contribution is -0.275. The van der Waals surface area contributed by atoms with E-state index in [9.17, 15) is 18.0 Å². The van der Waals surface area contributed by atoms with E-state index in [0.717, 1.165) is 6.07 Å². The first kappa shape index (κ1) is 15.8. The minimum atomic E-state index is -4.93. The van der Waals surface area contributed by atoms with Crippen LogP contribution in [0.5, 0.6) is 5.75 Å². The van der Waals surface area contributed by atoms with Crippen molar-refractivity contribution in [1.29, 1.82) is 5.26 Å². The van der Waals surface area contributed by atoms with Gasteiger partial charge in [-0.2, -0.15) is 5.26 Å². The quantitative estimate of drug-likeness (QED) is 0.798. The Kier molecular flexibility index (Phi) is 4.97. The Labute approximate surface area is 113 Å². The topological polar surface area (TPSA) is 59.3 Å². The number of hydrogen-bond donors (Lipinski definition) is 0. The van der Waals surface area contributed by atoms with Gasteiger partial charge in [0.25, 0.3) is 0 Å². The molecule has 1 aromatic carbocycles. The van der Waals surface area contributed by atoms with Crippen molar-refractivity contribution in [2.45, 2.75) is 26.6 Å². The molecule has 0 spiro atoms. The molecule has 0 atom stereocenters. The Morgan fingerprint density at radius 1 is 1.35 bits per heavy atom. The Morgan fingerprint density at radius 3 is 2.45 bits per heavy atom. The molecule has 0 aliphatic rings. The van der Waals surface area contributed by atoms with Crippen molar-refractivity contribution in [2.24, 2.45) is 0 Å². The second-order valence-electron chi connectivity index (χ2n) is 3.75. The van der Waals surface area contributed by atoms with Gasteiger partial charge in [-0.05, 0) is 31.0 Å². The van der Waals surface area contributed by atoms with E-state index in [0.29, 0.717) is 0 Å². The molecule has 0 saturated heterocycles. The van der Waals surface area contributed by atoms with Gasteiger partial charge in [0.2, 0.25) is 0 Å². The van der Waals surface area contributed by atoms with Gasteiger partial charge >= 0.3 is 12.3 Å². The smallest absolute Gasteiger partial charge is 0.462 e. The van der Waals surface area contributed by atoms with E-state index in [1.807, 2.05) is 0 Å². The number of alkyl halides is 3. The van der Waals surface area contributed by atoms with Crippen LogP contribution in [0.25, 0.3) is 0 Å². The van der Waals surface area contributed by atoms with E-state index in [2.05, 4.69) is 9.47 Å². The molecule has 1 rings (SSSR count). The zero-order chi connectivity index (χ0) is 15.3. The molecule has 0 fully saturated rings. The summed E-state index contributed by atoms with van der Waals surface area (Å²) in [4.78, 5) is 11.7.